The van der Waals surface area contributed by atoms with Crippen LogP contribution < -0.4 is 0 Å². The van der Waals surface area contributed by atoms with Gasteiger partial charge in [-0.1, -0.05) is 42.5 Å². The summed E-state index contributed by atoms with van der Waals surface area (Å²) in [6, 6.07) is 15.2. The van der Waals surface area contributed by atoms with Crippen LogP contribution in [0.2, 0.25) is 0 Å². The Hall–Kier alpha value is -3.10. The van der Waals surface area contributed by atoms with E-state index in [9.17, 15) is 13.2 Å². The van der Waals surface area contributed by atoms with Crippen molar-refractivity contribution in [2.45, 2.75) is 32.6 Å². The largest absolute Gasteiger partial charge is 0.416 e. The molecule has 4 aromatic rings. The van der Waals surface area contributed by atoms with Crippen molar-refractivity contribution in [2.24, 2.45) is 0 Å². The summed E-state index contributed by atoms with van der Waals surface area (Å²) in [7, 11) is 0. The second-order valence-corrected chi connectivity index (χ2v) is 9.18. The molecule has 0 radical (unpaired) electrons. The van der Waals surface area contributed by atoms with Gasteiger partial charge in [0.2, 0.25) is 0 Å². The molecule has 0 saturated heterocycles. The predicted octanol–water partition coefficient (Wildman–Crippen LogP) is 6.15. The Bertz CT molecular complexity index is 1270. The van der Waals surface area contributed by atoms with E-state index >= 15 is 0 Å². The third-order valence-electron chi connectivity index (χ3n) is 5.76. The molecule has 5 rings (SSSR count). The number of halogens is 3. The number of hydrogen-bond donors (Lipinski definition) is 0. The minimum absolute atomic E-state index is 0.460. The minimum atomic E-state index is -4.35. The summed E-state index contributed by atoms with van der Waals surface area (Å²) in [4.78, 5) is 17.4. The summed E-state index contributed by atoms with van der Waals surface area (Å²) in [6.45, 7) is 4.46. The number of hydrogen-bond acceptors (Lipinski definition) is 5. The highest BCUT2D eigenvalue weighted by Gasteiger charge is 2.30. The van der Waals surface area contributed by atoms with Crippen molar-refractivity contribution in [3.8, 4) is 22.0 Å². The molecule has 4 nitrogen and oxygen atoms in total. The topological polar surface area (TPSA) is 41.9 Å². The molecule has 0 N–H and O–H groups in total. The Morgan fingerprint density at radius 2 is 1.73 bits per heavy atom. The van der Waals surface area contributed by atoms with Crippen molar-refractivity contribution >= 4 is 11.3 Å². The molecule has 0 aliphatic carbocycles. The molecule has 1 aliphatic heterocycles. The quantitative estimate of drug-likeness (QED) is 0.362. The molecule has 0 spiro atoms. The smallest absolute Gasteiger partial charge is 0.293 e. The standard InChI is InChI=1S/C25H21F3N4S/c1-16-22(33-24(30-16)18-5-3-2-4-6-18)15-32-12-11-21-19(14-32)13-29-23(31-21)17-7-9-20(10-8-17)25(26,27)28/h2-10,13H,11-12,14-15H2,1H3. The van der Waals surface area contributed by atoms with Crippen molar-refractivity contribution in [1.29, 1.82) is 0 Å². The molecule has 0 saturated carbocycles. The lowest BCUT2D eigenvalue weighted by Crippen LogP contribution is -2.30. The minimum Gasteiger partial charge on any atom is -0.293 e. The highest BCUT2D eigenvalue weighted by molar-refractivity contribution is 7.15. The van der Waals surface area contributed by atoms with Gasteiger partial charge in [0.05, 0.1) is 17.0 Å². The van der Waals surface area contributed by atoms with E-state index in [-0.39, 0.29) is 0 Å². The number of benzene rings is 2. The zero-order chi connectivity index (χ0) is 23.0. The lowest BCUT2D eigenvalue weighted by molar-refractivity contribution is -0.137. The van der Waals surface area contributed by atoms with E-state index in [1.54, 1.807) is 17.5 Å². The van der Waals surface area contributed by atoms with E-state index < -0.39 is 11.7 Å². The number of thiazole rings is 1. The SMILES string of the molecule is Cc1nc(-c2ccccc2)sc1CN1CCc2nc(-c3ccc(C(F)(F)F)cc3)ncc2C1. The van der Waals surface area contributed by atoms with E-state index in [4.69, 9.17) is 4.98 Å². The van der Waals surface area contributed by atoms with Gasteiger partial charge in [-0.05, 0) is 19.1 Å². The van der Waals surface area contributed by atoms with Gasteiger partial charge in [0.25, 0.3) is 0 Å². The summed E-state index contributed by atoms with van der Waals surface area (Å²) in [5, 5.41) is 1.03. The van der Waals surface area contributed by atoms with Gasteiger partial charge in [0, 0.05) is 53.8 Å². The van der Waals surface area contributed by atoms with Gasteiger partial charge in [0.15, 0.2) is 5.82 Å². The van der Waals surface area contributed by atoms with Crippen LogP contribution in [0, 0.1) is 6.92 Å². The summed E-state index contributed by atoms with van der Waals surface area (Å²) in [5.41, 5.74) is 4.11. The molecule has 0 amide bonds. The van der Waals surface area contributed by atoms with Crippen LogP contribution in [0.25, 0.3) is 22.0 Å². The second kappa shape index (κ2) is 8.68. The number of aryl methyl sites for hydroxylation is 1. The van der Waals surface area contributed by atoms with E-state index in [0.717, 1.165) is 65.7 Å². The number of aromatic nitrogens is 3. The first-order valence-electron chi connectivity index (χ1n) is 10.6. The summed E-state index contributed by atoms with van der Waals surface area (Å²) < 4.78 is 38.4. The second-order valence-electron chi connectivity index (χ2n) is 8.09. The lowest BCUT2D eigenvalue weighted by atomic mass is 10.1. The molecular formula is C25H21F3N4S. The van der Waals surface area contributed by atoms with Crippen molar-refractivity contribution in [3.63, 3.8) is 0 Å². The first kappa shape index (κ1) is 21.7. The van der Waals surface area contributed by atoms with Gasteiger partial charge in [0.1, 0.15) is 5.01 Å². The van der Waals surface area contributed by atoms with Crippen LogP contribution in [0.5, 0.6) is 0 Å². The fourth-order valence-corrected chi connectivity index (χ4v) is 5.05. The third kappa shape index (κ3) is 4.67. The molecule has 168 valence electrons. The van der Waals surface area contributed by atoms with Crippen molar-refractivity contribution < 1.29 is 13.2 Å². The fourth-order valence-electron chi connectivity index (χ4n) is 3.94. The van der Waals surface area contributed by atoms with Crippen LogP contribution in [0.4, 0.5) is 13.2 Å². The molecule has 0 atom stereocenters. The molecule has 2 aromatic carbocycles. The molecule has 8 heteroatoms. The Morgan fingerprint density at radius 3 is 2.45 bits per heavy atom. The fraction of sp³-hybridized carbons (Fsp3) is 0.240. The zero-order valence-electron chi connectivity index (χ0n) is 17.9. The maximum Gasteiger partial charge on any atom is 0.416 e. The lowest BCUT2D eigenvalue weighted by Gasteiger charge is -2.27. The molecule has 3 heterocycles. The Labute approximate surface area is 193 Å². The first-order chi connectivity index (χ1) is 15.9. The van der Waals surface area contributed by atoms with Crippen LogP contribution in [-0.4, -0.2) is 26.4 Å². The molecular weight excluding hydrogens is 445 g/mol. The maximum atomic E-state index is 12.8. The maximum absolute atomic E-state index is 12.8. The summed E-state index contributed by atoms with van der Waals surface area (Å²) >= 11 is 1.73. The summed E-state index contributed by atoms with van der Waals surface area (Å²) in [5.74, 6) is 0.460. The summed E-state index contributed by atoms with van der Waals surface area (Å²) in [6.07, 6.45) is -1.78. The molecule has 2 aromatic heterocycles. The van der Waals surface area contributed by atoms with E-state index in [1.165, 1.54) is 17.0 Å². The van der Waals surface area contributed by atoms with Crippen molar-refractivity contribution in [2.75, 3.05) is 6.54 Å². The average molecular weight is 467 g/mol. The normalized spacial score (nSPS) is 14.3. The highest BCUT2D eigenvalue weighted by atomic mass is 32.1. The number of nitrogens with zero attached hydrogens (tertiary/aromatic N) is 4. The Kier molecular flexibility index (Phi) is 5.72. The van der Waals surface area contributed by atoms with E-state index in [1.807, 2.05) is 18.2 Å². The molecule has 0 fully saturated rings. The number of fused-ring (bicyclic) bond motifs is 1. The van der Waals surface area contributed by atoms with Crippen LogP contribution in [0.15, 0.2) is 60.8 Å². The van der Waals surface area contributed by atoms with Gasteiger partial charge >= 0.3 is 6.18 Å². The van der Waals surface area contributed by atoms with Gasteiger partial charge < -0.3 is 0 Å². The van der Waals surface area contributed by atoms with Crippen LogP contribution >= 0.6 is 11.3 Å². The third-order valence-corrected chi connectivity index (χ3v) is 6.96. The monoisotopic (exact) mass is 466 g/mol. The van der Waals surface area contributed by atoms with Crippen molar-refractivity contribution in [1.82, 2.24) is 19.9 Å². The van der Waals surface area contributed by atoms with Crippen LogP contribution in [0.1, 0.15) is 27.4 Å². The number of alkyl halides is 3. The van der Waals surface area contributed by atoms with Gasteiger partial charge in [-0.3, -0.25) is 4.90 Å². The van der Waals surface area contributed by atoms with Crippen LogP contribution in [-0.2, 0) is 25.7 Å². The molecule has 0 unspecified atom stereocenters. The Morgan fingerprint density at radius 1 is 0.970 bits per heavy atom. The van der Waals surface area contributed by atoms with Gasteiger partial charge in [-0.25, -0.2) is 15.0 Å². The molecule has 0 bridgehead atoms. The van der Waals surface area contributed by atoms with Crippen LogP contribution in [0.3, 0.4) is 0 Å². The van der Waals surface area contributed by atoms with E-state index in [0.29, 0.717) is 11.4 Å². The first-order valence-corrected chi connectivity index (χ1v) is 11.4. The van der Waals surface area contributed by atoms with Crippen molar-refractivity contribution in [3.05, 3.63) is 88.2 Å². The predicted molar refractivity (Wildman–Crippen MR) is 123 cm³/mol. The van der Waals surface area contributed by atoms with Gasteiger partial charge in [-0.15, -0.1) is 11.3 Å². The Balaban J connectivity index is 1.30. The highest BCUT2D eigenvalue weighted by Crippen LogP contribution is 2.32. The van der Waals surface area contributed by atoms with Gasteiger partial charge in [-0.2, -0.15) is 13.2 Å². The molecule has 1 aliphatic rings. The number of rotatable bonds is 4. The average Bonchev–Trinajstić information content (AvgIpc) is 3.19. The van der Waals surface area contributed by atoms with E-state index in [2.05, 4.69) is 33.9 Å². The zero-order valence-corrected chi connectivity index (χ0v) is 18.7. The molecule has 33 heavy (non-hydrogen) atoms.